The van der Waals surface area contributed by atoms with Crippen molar-refractivity contribution in [3.05, 3.63) is 71.8 Å². The second-order valence-electron chi connectivity index (χ2n) is 7.82. The number of hydrogen-bond donors (Lipinski definition) is 2. The van der Waals surface area contributed by atoms with E-state index in [1.807, 2.05) is 67.6 Å². The Bertz CT molecular complexity index is 1130. The lowest BCUT2D eigenvalue weighted by molar-refractivity contribution is -0.126. The van der Waals surface area contributed by atoms with Gasteiger partial charge in [-0.25, -0.2) is 5.43 Å². The summed E-state index contributed by atoms with van der Waals surface area (Å²) in [6.07, 6.45) is 4.29. The van der Waals surface area contributed by atoms with Crippen molar-refractivity contribution in [1.29, 1.82) is 0 Å². The third-order valence-electron chi connectivity index (χ3n) is 5.25. The Morgan fingerprint density at radius 3 is 2.56 bits per heavy atom. The van der Waals surface area contributed by atoms with E-state index >= 15 is 0 Å². The van der Waals surface area contributed by atoms with Crippen LogP contribution >= 0.6 is 0 Å². The smallest absolute Gasteiger partial charge is 0.259 e. The number of nitrogens with zero attached hydrogens (tertiary/aromatic N) is 1. The maximum absolute atomic E-state index is 12.1. The molecule has 0 bridgehead atoms. The second kappa shape index (κ2) is 13.0. The minimum Gasteiger partial charge on any atom is -0.497 e. The predicted octanol–water partition coefficient (Wildman–Crippen LogP) is 4.23. The lowest BCUT2D eigenvalue weighted by Gasteiger charge is -2.11. The van der Waals surface area contributed by atoms with Crippen molar-refractivity contribution in [1.82, 2.24) is 10.7 Å². The molecule has 0 fully saturated rings. The molecule has 0 unspecified atom stereocenters. The van der Waals surface area contributed by atoms with Crippen LogP contribution in [0.1, 0.15) is 37.3 Å². The van der Waals surface area contributed by atoms with Gasteiger partial charge in [-0.15, -0.1) is 0 Å². The Labute approximate surface area is 200 Å². The van der Waals surface area contributed by atoms with E-state index in [0.717, 1.165) is 40.5 Å². The number of carbonyl (C=O) groups is 2. The first-order chi connectivity index (χ1) is 16.6. The van der Waals surface area contributed by atoms with Crippen LogP contribution in [0.4, 0.5) is 0 Å². The standard InChI is InChI=1S/C27H31N3O4/c1-3-17-34-25-16-13-21-8-4-5-9-23(21)24(25)18-29-30-27(32)19-28-26(31)10-6-7-20-11-14-22(33-2)15-12-20/h4-5,8-9,11-16,18H,3,6-7,10,17,19H2,1-2H3,(H,28,31)(H,30,32). The van der Waals surface area contributed by atoms with Gasteiger partial charge in [-0.2, -0.15) is 5.10 Å². The molecule has 3 aromatic rings. The fourth-order valence-electron chi connectivity index (χ4n) is 3.47. The van der Waals surface area contributed by atoms with Crippen molar-refractivity contribution >= 4 is 28.8 Å². The summed E-state index contributed by atoms with van der Waals surface area (Å²) in [5.74, 6) is 0.956. The molecule has 3 aromatic carbocycles. The zero-order valence-electron chi connectivity index (χ0n) is 19.7. The monoisotopic (exact) mass is 461 g/mol. The molecule has 7 nitrogen and oxygen atoms in total. The van der Waals surface area contributed by atoms with E-state index in [2.05, 4.69) is 15.8 Å². The molecule has 0 aliphatic rings. The normalized spacial score (nSPS) is 10.9. The largest absolute Gasteiger partial charge is 0.497 e. The van der Waals surface area contributed by atoms with Crippen LogP contribution in [0.2, 0.25) is 0 Å². The van der Waals surface area contributed by atoms with E-state index in [1.54, 1.807) is 13.3 Å². The average Bonchev–Trinajstić information content (AvgIpc) is 2.87. The fraction of sp³-hybridized carbons (Fsp3) is 0.296. The van der Waals surface area contributed by atoms with Gasteiger partial charge in [-0.1, -0.05) is 49.4 Å². The molecule has 0 spiro atoms. The van der Waals surface area contributed by atoms with Crippen LogP contribution < -0.4 is 20.2 Å². The predicted molar refractivity (Wildman–Crippen MR) is 134 cm³/mol. The molecule has 0 aliphatic heterocycles. The average molecular weight is 462 g/mol. The summed E-state index contributed by atoms with van der Waals surface area (Å²) in [5, 5.41) is 8.77. The van der Waals surface area contributed by atoms with Crippen LogP contribution in [0, 0.1) is 0 Å². The molecule has 3 rings (SSSR count). The summed E-state index contributed by atoms with van der Waals surface area (Å²) >= 11 is 0. The Hall–Kier alpha value is -3.87. The summed E-state index contributed by atoms with van der Waals surface area (Å²) in [7, 11) is 1.63. The van der Waals surface area contributed by atoms with Crippen molar-refractivity contribution in [3.63, 3.8) is 0 Å². The van der Waals surface area contributed by atoms with Crippen molar-refractivity contribution < 1.29 is 19.1 Å². The van der Waals surface area contributed by atoms with E-state index in [4.69, 9.17) is 9.47 Å². The summed E-state index contributed by atoms with van der Waals surface area (Å²) in [6.45, 7) is 2.51. The zero-order valence-corrected chi connectivity index (χ0v) is 19.7. The van der Waals surface area contributed by atoms with Crippen LogP contribution in [0.3, 0.4) is 0 Å². The number of ether oxygens (including phenoxy) is 2. The van der Waals surface area contributed by atoms with Gasteiger partial charge in [0.25, 0.3) is 5.91 Å². The zero-order chi connectivity index (χ0) is 24.2. The number of aryl methyl sites for hydroxylation is 1. The maximum atomic E-state index is 12.1. The lowest BCUT2D eigenvalue weighted by Crippen LogP contribution is -2.34. The molecular weight excluding hydrogens is 430 g/mol. The highest BCUT2D eigenvalue weighted by Crippen LogP contribution is 2.26. The third kappa shape index (κ3) is 7.33. The van der Waals surface area contributed by atoms with E-state index in [9.17, 15) is 9.59 Å². The van der Waals surface area contributed by atoms with Crippen molar-refractivity contribution in [2.45, 2.75) is 32.6 Å². The van der Waals surface area contributed by atoms with Crippen molar-refractivity contribution in [2.75, 3.05) is 20.3 Å². The molecule has 2 amide bonds. The Balaban J connectivity index is 1.46. The number of fused-ring (bicyclic) bond motifs is 1. The van der Waals surface area contributed by atoms with Crippen LogP contribution in [0.15, 0.2) is 65.8 Å². The van der Waals surface area contributed by atoms with Gasteiger partial charge in [-0.05, 0) is 53.8 Å². The topological polar surface area (TPSA) is 89.0 Å². The summed E-state index contributed by atoms with van der Waals surface area (Å²) < 4.78 is 11.0. The van der Waals surface area contributed by atoms with Gasteiger partial charge in [0.05, 0.1) is 26.5 Å². The van der Waals surface area contributed by atoms with Gasteiger partial charge < -0.3 is 14.8 Å². The summed E-state index contributed by atoms with van der Waals surface area (Å²) in [6, 6.07) is 19.6. The first kappa shape index (κ1) is 24.8. The van der Waals surface area contributed by atoms with Crippen LogP contribution in [0.5, 0.6) is 11.5 Å². The van der Waals surface area contributed by atoms with E-state index < -0.39 is 5.91 Å². The molecule has 34 heavy (non-hydrogen) atoms. The molecule has 0 saturated heterocycles. The van der Waals surface area contributed by atoms with Gasteiger partial charge >= 0.3 is 0 Å². The molecule has 0 saturated carbocycles. The minimum absolute atomic E-state index is 0.132. The number of hydrogen-bond acceptors (Lipinski definition) is 5. The maximum Gasteiger partial charge on any atom is 0.259 e. The minimum atomic E-state index is -0.393. The molecule has 178 valence electrons. The molecule has 0 heterocycles. The number of methoxy groups -OCH3 is 1. The number of hydrazone groups is 1. The molecule has 0 radical (unpaired) electrons. The van der Waals surface area contributed by atoms with Crippen LogP contribution in [-0.4, -0.2) is 38.3 Å². The number of carbonyl (C=O) groups excluding carboxylic acids is 2. The molecule has 0 atom stereocenters. The lowest BCUT2D eigenvalue weighted by atomic mass is 10.0. The first-order valence-corrected chi connectivity index (χ1v) is 11.5. The molecule has 0 aromatic heterocycles. The van der Waals surface area contributed by atoms with Gasteiger partial charge in [0.15, 0.2) is 0 Å². The second-order valence-corrected chi connectivity index (χ2v) is 7.82. The van der Waals surface area contributed by atoms with Gasteiger partial charge in [0, 0.05) is 12.0 Å². The third-order valence-corrected chi connectivity index (χ3v) is 5.25. The molecular formula is C27H31N3O4. The Morgan fingerprint density at radius 2 is 1.79 bits per heavy atom. The quantitative estimate of drug-likeness (QED) is 0.312. The van der Waals surface area contributed by atoms with E-state index in [-0.39, 0.29) is 12.5 Å². The first-order valence-electron chi connectivity index (χ1n) is 11.5. The van der Waals surface area contributed by atoms with Gasteiger partial charge in [0.2, 0.25) is 5.91 Å². The van der Waals surface area contributed by atoms with Gasteiger partial charge in [0.1, 0.15) is 11.5 Å². The summed E-state index contributed by atoms with van der Waals surface area (Å²) in [5.41, 5.74) is 4.41. The number of nitrogens with one attached hydrogen (secondary N) is 2. The Kier molecular flexibility index (Phi) is 9.46. The van der Waals surface area contributed by atoms with Crippen molar-refractivity contribution in [3.8, 4) is 11.5 Å². The number of amides is 2. The van der Waals surface area contributed by atoms with E-state index in [0.29, 0.717) is 25.2 Å². The number of benzene rings is 3. The van der Waals surface area contributed by atoms with Crippen LogP contribution in [0.25, 0.3) is 10.8 Å². The number of rotatable bonds is 12. The van der Waals surface area contributed by atoms with Crippen LogP contribution in [-0.2, 0) is 16.0 Å². The highest BCUT2D eigenvalue weighted by molar-refractivity contribution is 6.02. The summed E-state index contributed by atoms with van der Waals surface area (Å²) in [4.78, 5) is 24.2. The van der Waals surface area contributed by atoms with Crippen molar-refractivity contribution in [2.24, 2.45) is 5.10 Å². The van der Waals surface area contributed by atoms with Gasteiger partial charge in [-0.3, -0.25) is 9.59 Å². The molecule has 0 aliphatic carbocycles. The SMILES string of the molecule is CCCOc1ccc2ccccc2c1C=NNC(=O)CNC(=O)CCCc1ccc(OC)cc1. The fourth-order valence-corrected chi connectivity index (χ4v) is 3.47. The highest BCUT2D eigenvalue weighted by Gasteiger charge is 2.08. The molecule has 7 heteroatoms. The Morgan fingerprint density at radius 1 is 1.00 bits per heavy atom. The highest BCUT2D eigenvalue weighted by atomic mass is 16.5. The molecule has 2 N–H and O–H groups in total. The van der Waals surface area contributed by atoms with E-state index in [1.165, 1.54) is 0 Å².